The molecule has 1 amide bonds. The van der Waals surface area contributed by atoms with E-state index in [1.54, 1.807) is 14.0 Å². The van der Waals surface area contributed by atoms with Crippen LogP contribution in [-0.2, 0) is 13.2 Å². The van der Waals surface area contributed by atoms with Crippen LogP contribution in [0.5, 0.6) is 0 Å². The summed E-state index contributed by atoms with van der Waals surface area (Å²) in [5.74, 6) is -0.555. The van der Waals surface area contributed by atoms with E-state index < -0.39 is 17.6 Å². The Hall–Kier alpha value is -2.88. The van der Waals surface area contributed by atoms with Gasteiger partial charge in [0.2, 0.25) is 0 Å². The summed E-state index contributed by atoms with van der Waals surface area (Å²) in [4.78, 5) is 32.4. The molecule has 2 aromatic heterocycles. The molecule has 1 aromatic carbocycles. The SMILES string of the molecule is Cc1c(C(=O)Nc2cc(C(F)(F)F)ccc2N2CCCCC2)sc2ncn(C)c(=O)c12. The van der Waals surface area contributed by atoms with E-state index in [1.807, 2.05) is 4.90 Å². The van der Waals surface area contributed by atoms with Crippen molar-refractivity contribution >= 4 is 38.8 Å². The predicted octanol–water partition coefficient (Wildman–Crippen LogP) is 4.56. The normalized spacial score (nSPS) is 14.8. The number of aromatic nitrogens is 2. The highest BCUT2D eigenvalue weighted by Crippen LogP contribution is 2.37. The van der Waals surface area contributed by atoms with Crippen LogP contribution in [0.2, 0.25) is 0 Å². The summed E-state index contributed by atoms with van der Waals surface area (Å²) in [7, 11) is 1.57. The van der Waals surface area contributed by atoms with Crippen LogP contribution in [0.4, 0.5) is 24.5 Å². The second kappa shape index (κ2) is 7.99. The molecule has 0 bridgehead atoms. The maximum atomic E-state index is 13.3. The number of aryl methyl sites for hydroxylation is 2. The van der Waals surface area contributed by atoms with Crippen molar-refractivity contribution in [2.75, 3.05) is 23.3 Å². The van der Waals surface area contributed by atoms with Gasteiger partial charge in [-0.3, -0.25) is 9.59 Å². The van der Waals surface area contributed by atoms with Gasteiger partial charge in [-0.1, -0.05) is 0 Å². The highest BCUT2D eigenvalue weighted by atomic mass is 32.1. The third kappa shape index (κ3) is 4.04. The molecule has 10 heteroatoms. The minimum atomic E-state index is -4.52. The largest absolute Gasteiger partial charge is 0.416 e. The Morgan fingerprint density at radius 2 is 1.90 bits per heavy atom. The smallest absolute Gasteiger partial charge is 0.370 e. The number of anilines is 2. The lowest BCUT2D eigenvalue weighted by atomic mass is 10.1. The first-order chi connectivity index (χ1) is 14.7. The standard InChI is InChI=1S/C21H21F3N4O2S/c1-12-16-19(25-11-27(2)20(16)30)31-17(12)18(29)26-14-10-13(21(22,23)24)6-7-15(14)28-8-4-3-5-9-28/h6-7,10-11H,3-5,8-9H2,1-2H3,(H,26,29). The van der Waals surface area contributed by atoms with E-state index in [-0.39, 0.29) is 16.1 Å². The number of halogens is 3. The van der Waals surface area contributed by atoms with Crippen LogP contribution in [0.3, 0.4) is 0 Å². The van der Waals surface area contributed by atoms with Gasteiger partial charge >= 0.3 is 6.18 Å². The summed E-state index contributed by atoms with van der Waals surface area (Å²) >= 11 is 1.05. The first-order valence-electron chi connectivity index (χ1n) is 9.89. The van der Waals surface area contributed by atoms with E-state index >= 15 is 0 Å². The third-order valence-electron chi connectivity index (χ3n) is 5.49. The molecular weight excluding hydrogens is 429 g/mol. The van der Waals surface area contributed by atoms with E-state index in [9.17, 15) is 22.8 Å². The zero-order valence-electron chi connectivity index (χ0n) is 17.0. The number of alkyl halides is 3. The van der Waals surface area contributed by atoms with Crippen molar-refractivity contribution in [1.29, 1.82) is 0 Å². The number of nitrogens with one attached hydrogen (secondary N) is 1. The zero-order chi connectivity index (χ0) is 22.3. The lowest BCUT2D eigenvalue weighted by Crippen LogP contribution is -2.30. The fourth-order valence-corrected chi connectivity index (χ4v) is 4.86. The monoisotopic (exact) mass is 450 g/mol. The maximum Gasteiger partial charge on any atom is 0.416 e. The molecular formula is C21H21F3N4O2S. The highest BCUT2D eigenvalue weighted by molar-refractivity contribution is 7.20. The van der Waals surface area contributed by atoms with Crippen molar-refractivity contribution in [2.24, 2.45) is 7.05 Å². The Morgan fingerprint density at radius 3 is 2.58 bits per heavy atom. The van der Waals surface area contributed by atoms with Crippen LogP contribution in [0.15, 0.2) is 29.3 Å². The number of piperidine rings is 1. The minimum absolute atomic E-state index is 0.111. The number of carbonyl (C=O) groups is 1. The highest BCUT2D eigenvalue weighted by Gasteiger charge is 2.32. The Kier molecular flexibility index (Phi) is 5.50. The van der Waals surface area contributed by atoms with Gasteiger partial charge < -0.3 is 14.8 Å². The predicted molar refractivity (Wildman–Crippen MR) is 115 cm³/mol. The third-order valence-corrected chi connectivity index (χ3v) is 6.68. The number of amides is 1. The van der Waals surface area contributed by atoms with Crippen molar-refractivity contribution in [3.63, 3.8) is 0 Å². The molecule has 3 heterocycles. The number of hydrogen-bond donors (Lipinski definition) is 1. The number of benzene rings is 1. The second-order valence-electron chi connectivity index (χ2n) is 7.63. The number of thiophene rings is 1. The summed E-state index contributed by atoms with van der Waals surface area (Å²) in [6.07, 6.45) is -0.188. The van der Waals surface area contributed by atoms with Gasteiger partial charge in [-0.25, -0.2) is 4.98 Å². The second-order valence-corrected chi connectivity index (χ2v) is 8.63. The Morgan fingerprint density at radius 1 is 1.19 bits per heavy atom. The summed E-state index contributed by atoms with van der Waals surface area (Å²) in [5.41, 5.74) is 0.0454. The first-order valence-corrected chi connectivity index (χ1v) is 10.7. The van der Waals surface area contributed by atoms with Crippen LogP contribution in [0, 0.1) is 6.92 Å². The van der Waals surface area contributed by atoms with Crippen LogP contribution >= 0.6 is 11.3 Å². The lowest BCUT2D eigenvalue weighted by molar-refractivity contribution is -0.137. The Bertz CT molecular complexity index is 1210. The fraction of sp³-hybridized carbons (Fsp3) is 0.381. The molecule has 164 valence electrons. The van der Waals surface area contributed by atoms with Crippen molar-refractivity contribution < 1.29 is 18.0 Å². The van der Waals surface area contributed by atoms with Crippen molar-refractivity contribution in [1.82, 2.24) is 9.55 Å². The van der Waals surface area contributed by atoms with Crippen LogP contribution in [0.1, 0.15) is 40.1 Å². The van der Waals surface area contributed by atoms with E-state index in [2.05, 4.69) is 10.3 Å². The number of fused-ring (bicyclic) bond motifs is 1. The molecule has 1 fully saturated rings. The van der Waals surface area contributed by atoms with E-state index in [0.717, 1.165) is 55.8 Å². The van der Waals surface area contributed by atoms with Crippen molar-refractivity contribution in [3.05, 3.63) is 50.9 Å². The van der Waals surface area contributed by atoms with E-state index in [1.165, 1.54) is 17.0 Å². The molecule has 0 atom stereocenters. The quantitative estimate of drug-likeness (QED) is 0.635. The molecule has 4 rings (SSSR count). The molecule has 0 radical (unpaired) electrons. The van der Waals surface area contributed by atoms with Gasteiger partial charge in [0.25, 0.3) is 11.5 Å². The molecule has 1 N–H and O–H groups in total. The maximum absolute atomic E-state index is 13.3. The fourth-order valence-electron chi connectivity index (χ4n) is 3.83. The molecule has 31 heavy (non-hydrogen) atoms. The summed E-state index contributed by atoms with van der Waals surface area (Å²) in [5, 5.41) is 3.01. The number of nitrogens with zero attached hydrogens (tertiary/aromatic N) is 3. The molecule has 0 aliphatic carbocycles. The van der Waals surface area contributed by atoms with Crippen molar-refractivity contribution in [3.8, 4) is 0 Å². The Balaban J connectivity index is 1.74. The van der Waals surface area contributed by atoms with Crippen LogP contribution < -0.4 is 15.8 Å². The summed E-state index contributed by atoms with van der Waals surface area (Å²) in [6, 6.07) is 3.43. The average molecular weight is 450 g/mol. The van der Waals surface area contributed by atoms with Gasteiger partial charge in [0, 0.05) is 20.1 Å². The van der Waals surface area contributed by atoms with Gasteiger partial charge in [0.15, 0.2) is 0 Å². The Labute approximate surface area is 180 Å². The van der Waals surface area contributed by atoms with Gasteiger partial charge in [0.1, 0.15) is 4.83 Å². The minimum Gasteiger partial charge on any atom is -0.370 e. The lowest BCUT2D eigenvalue weighted by Gasteiger charge is -2.31. The van der Waals surface area contributed by atoms with Crippen LogP contribution in [-0.4, -0.2) is 28.5 Å². The van der Waals surface area contributed by atoms with E-state index in [4.69, 9.17) is 0 Å². The molecule has 0 unspecified atom stereocenters. The first kappa shape index (κ1) is 21.4. The molecule has 0 spiro atoms. The number of rotatable bonds is 3. The molecule has 6 nitrogen and oxygen atoms in total. The molecule has 1 aliphatic rings. The molecule has 0 saturated carbocycles. The van der Waals surface area contributed by atoms with Gasteiger partial charge in [-0.2, -0.15) is 13.2 Å². The number of carbonyl (C=O) groups excluding carboxylic acids is 1. The molecule has 1 aliphatic heterocycles. The van der Waals surface area contributed by atoms with Crippen LogP contribution in [0.25, 0.3) is 10.2 Å². The van der Waals surface area contributed by atoms with E-state index in [0.29, 0.717) is 21.5 Å². The van der Waals surface area contributed by atoms with Gasteiger partial charge in [-0.05, 0) is 49.9 Å². The molecule has 1 saturated heterocycles. The topological polar surface area (TPSA) is 67.2 Å². The average Bonchev–Trinajstić information content (AvgIpc) is 3.08. The molecule has 3 aromatic rings. The van der Waals surface area contributed by atoms with Gasteiger partial charge in [-0.15, -0.1) is 11.3 Å². The number of hydrogen-bond acceptors (Lipinski definition) is 5. The summed E-state index contributed by atoms with van der Waals surface area (Å²) in [6.45, 7) is 3.08. The van der Waals surface area contributed by atoms with Gasteiger partial charge in [0.05, 0.1) is 33.5 Å². The van der Waals surface area contributed by atoms with Crippen molar-refractivity contribution in [2.45, 2.75) is 32.4 Å². The zero-order valence-corrected chi connectivity index (χ0v) is 17.9. The summed E-state index contributed by atoms with van der Waals surface area (Å²) < 4.78 is 41.3.